The molecule has 0 amide bonds. The van der Waals surface area contributed by atoms with Gasteiger partial charge in [-0.25, -0.2) is 0 Å². The molecule has 0 atom stereocenters. The van der Waals surface area contributed by atoms with Gasteiger partial charge in [-0.1, -0.05) is 30.3 Å². The fourth-order valence-electron chi connectivity index (χ4n) is 3.74. The third-order valence-electron chi connectivity index (χ3n) is 4.83. The van der Waals surface area contributed by atoms with E-state index in [9.17, 15) is 0 Å². The van der Waals surface area contributed by atoms with E-state index in [4.69, 9.17) is 0 Å². The van der Waals surface area contributed by atoms with Crippen LogP contribution in [0.3, 0.4) is 0 Å². The monoisotopic (exact) mass is 290 g/mol. The Labute approximate surface area is 132 Å². The number of fused-ring (bicyclic) bond motifs is 2. The summed E-state index contributed by atoms with van der Waals surface area (Å²) in [6.07, 6.45) is 7.01. The van der Waals surface area contributed by atoms with Gasteiger partial charge in [0.1, 0.15) is 0 Å². The first-order chi connectivity index (χ1) is 10.9. The van der Waals surface area contributed by atoms with E-state index in [1.807, 2.05) is 7.05 Å². The number of para-hydroxylation sites is 1. The predicted molar refractivity (Wildman–Crippen MR) is 93.6 cm³/mol. The lowest BCUT2D eigenvalue weighted by Gasteiger charge is -2.32. The molecule has 0 aromatic heterocycles. The third-order valence-corrected chi connectivity index (χ3v) is 4.83. The lowest BCUT2D eigenvalue weighted by molar-refractivity contribution is 0.766. The van der Waals surface area contributed by atoms with Crippen LogP contribution in [0, 0.1) is 0 Å². The van der Waals surface area contributed by atoms with Gasteiger partial charge in [-0.2, -0.15) is 0 Å². The van der Waals surface area contributed by atoms with Crippen LogP contribution in [0.4, 0.5) is 11.4 Å². The maximum absolute atomic E-state index is 3.32. The van der Waals surface area contributed by atoms with E-state index in [0.29, 0.717) is 0 Å². The summed E-state index contributed by atoms with van der Waals surface area (Å²) in [5, 5.41) is 3.32. The molecule has 1 aliphatic heterocycles. The second kappa shape index (κ2) is 5.53. The van der Waals surface area contributed by atoms with Gasteiger partial charge in [0.05, 0.1) is 0 Å². The number of allylic oxidation sites excluding steroid dienone is 1. The first kappa shape index (κ1) is 13.4. The molecule has 0 bridgehead atoms. The minimum atomic E-state index is 1.12. The average molecular weight is 290 g/mol. The smallest absolute Gasteiger partial charge is 0.0443 e. The molecule has 2 heteroatoms. The van der Waals surface area contributed by atoms with E-state index in [1.54, 1.807) is 0 Å². The second-order valence-corrected chi connectivity index (χ2v) is 6.13. The summed E-state index contributed by atoms with van der Waals surface area (Å²) >= 11 is 0. The van der Waals surface area contributed by atoms with Crippen LogP contribution in [0.5, 0.6) is 0 Å². The minimum Gasteiger partial charge on any atom is -0.388 e. The lowest BCUT2D eigenvalue weighted by Crippen LogP contribution is -2.24. The van der Waals surface area contributed by atoms with Crippen molar-refractivity contribution < 1.29 is 0 Å². The van der Waals surface area contributed by atoms with Crippen molar-refractivity contribution in [3.05, 3.63) is 65.2 Å². The number of anilines is 2. The summed E-state index contributed by atoms with van der Waals surface area (Å²) in [5.74, 6) is 0. The number of hydrogen-bond acceptors (Lipinski definition) is 2. The van der Waals surface area contributed by atoms with Crippen LogP contribution in [-0.2, 0) is 12.8 Å². The maximum Gasteiger partial charge on any atom is 0.0443 e. The Morgan fingerprint density at radius 1 is 1.00 bits per heavy atom. The Bertz CT molecular complexity index is 730. The highest BCUT2D eigenvalue weighted by Gasteiger charge is 2.19. The van der Waals surface area contributed by atoms with Crippen molar-refractivity contribution in [3.63, 3.8) is 0 Å². The van der Waals surface area contributed by atoms with Gasteiger partial charge in [-0.05, 0) is 55.0 Å². The van der Waals surface area contributed by atoms with Crippen molar-refractivity contribution in [1.82, 2.24) is 5.32 Å². The SMILES string of the molecule is CNC1=CCCc2cc(N3CCCc4ccccc43)ccc21. The predicted octanol–water partition coefficient (Wildman–Crippen LogP) is 4.28. The zero-order chi connectivity index (χ0) is 14.9. The van der Waals surface area contributed by atoms with Crippen LogP contribution in [0.25, 0.3) is 5.70 Å². The van der Waals surface area contributed by atoms with E-state index in [0.717, 1.165) is 19.4 Å². The third kappa shape index (κ3) is 2.19. The van der Waals surface area contributed by atoms with Crippen molar-refractivity contribution in [2.45, 2.75) is 25.7 Å². The molecule has 0 saturated carbocycles. The number of rotatable bonds is 2. The van der Waals surface area contributed by atoms with Gasteiger partial charge in [0, 0.05) is 36.2 Å². The molecule has 1 N–H and O–H groups in total. The molecule has 2 nitrogen and oxygen atoms in total. The average Bonchev–Trinajstić information content (AvgIpc) is 2.60. The zero-order valence-corrected chi connectivity index (χ0v) is 13.1. The van der Waals surface area contributed by atoms with E-state index in [2.05, 4.69) is 58.8 Å². The van der Waals surface area contributed by atoms with Crippen LogP contribution in [0.2, 0.25) is 0 Å². The van der Waals surface area contributed by atoms with E-state index >= 15 is 0 Å². The Hall–Kier alpha value is -2.22. The number of benzene rings is 2. The Morgan fingerprint density at radius 3 is 2.82 bits per heavy atom. The van der Waals surface area contributed by atoms with Crippen LogP contribution < -0.4 is 10.2 Å². The molecule has 1 aliphatic carbocycles. The largest absolute Gasteiger partial charge is 0.388 e. The standard InChI is InChI=1S/C20H22N2/c1-21-19-9-4-7-16-14-17(11-12-18(16)19)22-13-5-8-15-6-2-3-10-20(15)22/h2-3,6,9-12,14,21H,4-5,7-8,13H2,1H3. The summed E-state index contributed by atoms with van der Waals surface area (Å²) in [5.41, 5.74) is 8.29. The molecule has 4 rings (SSSR count). The molecule has 112 valence electrons. The summed E-state index contributed by atoms with van der Waals surface area (Å²) < 4.78 is 0. The molecule has 22 heavy (non-hydrogen) atoms. The lowest BCUT2D eigenvalue weighted by atomic mass is 9.93. The fourth-order valence-corrected chi connectivity index (χ4v) is 3.74. The number of aryl methyl sites for hydroxylation is 2. The quantitative estimate of drug-likeness (QED) is 0.888. The molecule has 0 saturated heterocycles. The van der Waals surface area contributed by atoms with E-state index in [-0.39, 0.29) is 0 Å². The van der Waals surface area contributed by atoms with Crippen molar-refractivity contribution >= 4 is 17.1 Å². The summed E-state index contributed by atoms with van der Waals surface area (Å²) in [7, 11) is 2.01. The van der Waals surface area contributed by atoms with E-state index < -0.39 is 0 Å². The van der Waals surface area contributed by atoms with Crippen molar-refractivity contribution in [2.24, 2.45) is 0 Å². The Balaban J connectivity index is 1.75. The fraction of sp³-hybridized carbons (Fsp3) is 0.300. The molecule has 2 aliphatic rings. The molecule has 0 unspecified atom stereocenters. The van der Waals surface area contributed by atoms with Crippen LogP contribution in [-0.4, -0.2) is 13.6 Å². The summed E-state index contributed by atoms with van der Waals surface area (Å²) in [6, 6.07) is 15.8. The van der Waals surface area contributed by atoms with Crippen LogP contribution in [0.1, 0.15) is 29.5 Å². The van der Waals surface area contributed by atoms with Gasteiger partial charge in [0.2, 0.25) is 0 Å². The first-order valence-electron chi connectivity index (χ1n) is 8.23. The highest BCUT2D eigenvalue weighted by atomic mass is 15.1. The molecular formula is C20H22N2. The topological polar surface area (TPSA) is 15.3 Å². The highest BCUT2D eigenvalue weighted by Crippen LogP contribution is 2.35. The zero-order valence-electron chi connectivity index (χ0n) is 13.1. The van der Waals surface area contributed by atoms with Gasteiger partial charge in [0.15, 0.2) is 0 Å². The molecule has 0 spiro atoms. The van der Waals surface area contributed by atoms with Crippen LogP contribution in [0.15, 0.2) is 48.5 Å². The molecular weight excluding hydrogens is 268 g/mol. The molecule has 0 radical (unpaired) electrons. The Morgan fingerprint density at radius 2 is 1.91 bits per heavy atom. The van der Waals surface area contributed by atoms with Gasteiger partial charge in [0.25, 0.3) is 0 Å². The van der Waals surface area contributed by atoms with Crippen molar-refractivity contribution in [3.8, 4) is 0 Å². The van der Waals surface area contributed by atoms with Crippen LogP contribution >= 0.6 is 0 Å². The number of nitrogens with zero attached hydrogens (tertiary/aromatic N) is 1. The minimum absolute atomic E-state index is 1.12. The van der Waals surface area contributed by atoms with Crippen molar-refractivity contribution in [1.29, 1.82) is 0 Å². The number of nitrogens with one attached hydrogen (secondary N) is 1. The van der Waals surface area contributed by atoms with Gasteiger partial charge in [-0.15, -0.1) is 0 Å². The molecule has 0 fully saturated rings. The molecule has 2 aromatic carbocycles. The van der Waals surface area contributed by atoms with Gasteiger partial charge < -0.3 is 10.2 Å². The first-order valence-corrected chi connectivity index (χ1v) is 8.23. The van der Waals surface area contributed by atoms with E-state index in [1.165, 1.54) is 46.6 Å². The second-order valence-electron chi connectivity index (χ2n) is 6.13. The van der Waals surface area contributed by atoms with Gasteiger partial charge >= 0.3 is 0 Å². The van der Waals surface area contributed by atoms with Crippen molar-refractivity contribution in [2.75, 3.05) is 18.5 Å². The summed E-state index contributed by atoms with van der Waals surface area (Å²) in [6.45, 7) is 1.12. The normalized spacial score (nSPS) is 16.6. The highest BCUT2D eigenvalue weighted by molar-refractivity contribution is 5.74. The van der Waals surface area contributed by atoms with Gasteiger partial charge in [-0.3, -0.25) is 0 Å². The molecule has 1 heterocycles. The maximum atomic E-state index is 3.32. The Kier molecular flexibility index (Phi) is 3.38. The number of hydrogen-bond donors (Lipinski definition) is 1. The molecule has 2 aromatic rings. The summed E-state index contributed by atoms with van der Waals surface area (Å²) in [4.78, 5) is 2.48.